The molecule has 0 bridgehead atoms. The first-order valence-corrected chi connectivity index (χ1v) is 8.21. The van der Waals surface area contributed by atoms with Gasteiger partial charge in [-0.3, -0.25) is 4.79 Å². The second-order valence-corrected chi connectivity index (χ2v) is 6.59. The summed E-state index contributed by atoms with van der Waals surface area (Å²) in [5.74, 6) is 2.15. The number of hydrogen-bond acceptors (Lipinski definition) is 4. The molecule has 1 aliphatic heterocycles. The largest absolute Gasteiger partial charge is 0.361 e. The smallest absolute Gasteiger partial charge is 0.227 e. The molecule has 6 nitrogen and oxygen atoms in total. The Morgan fingerprint density at radius 3 is 2.83 bits per heavy atom. The normalized spacial score (nSPS) is 18.1. The van der Waals surface area contributed by atoms with Crippen LogP contribution in [0.15, 0.2) is 16.9 Å². The summed E-state index contributed by atoms with van der Waals surface area (Å²) in [6, 6.07) is 0.0143. The van der Waals surface area contributed by atoms with E-state index in [1.807, 2.05) is 31.1 Å². The van der Waals surface area contributed by atoms with Gasteiger partial charge in [0.15, 0.2) is 0 Å². The van der Waals surface area contributed by atoms with Gasteiger partial charge in [0.2, 0.25) is 5.91 Å². The van der Waals surface area contributed by atoms with Crippen molar-refractivity contribution in [2.45, 2.75) is 53.1 Å². The SMILES string of the molecule is Cc1noc(C)c1CC(=O)N1CCCn2ccnc2C1C(C)C. The van der Waals surface area contributed by atoms with E-state index in [1.165, 1.54) is 0 Å². The second kappa shape index (κ2) is 6.18. The minimum absolute atomic E-state index is 0.0143. The van der Waals surface area contributed by atoms with Crippen molar-refractivity contribution in [3.05, 3.63) is 35.2 Å². The number of carbonyl (C=O) groups is 1. The zero-order valence-electron chi connectivity index (χ0n) is 14.2. The van der Waals surface area contributed by atoms with Crippen molar-refractivity contribution in [1.82, 2.24) is 19.6 Å². The van der Waals surface area contributed by atoms with Gasteiger partial charge in [0.25, 0.3) is 0 Å². The van der Waals surface area contributed by atoms with Gasteiger partial charge in [-0.2, -0.15) is 0 Å². The molecule has 1 atom stereocenters. The zero-order valence-corrected chi connectivity index (χ0v) is 14.2. The van der Waals surface area contributed by atoms with Gasteiger partial charge in [-0.05, 0) is 26.2 Å². The highest BCUT2D eigenvalue weighted by molar-refractivity contribution is 5.79. The lowest BCUT2D eigenvalue weighted by atomic mass is 10.00. The summed E-state index contributed by atoms with van der Waals surface area (Å²) in [6.07, 6.45) is 5.12. The van der Waals surface area contributed by atoms with Crippen LogP contribution < -0.4 is 0 Å². The fourth-order valence-electron chi connectivity index (χ4n) is 3.41. The van der Waals surface area contributed by atoms with Crippen LogP contribution >= 0.6 is 0 Å². The summed E-state index contributed by atoms with van der Waals surface area (Å²) >= 11 is 0. The molecule has 0 spiro atoms. The Morgan fingerprint density at radius 1 is 1.39 bits per heavy atom. The number of amides is 1. The van der Waals surface area contributed by atoms with E-state index in [4.69, 9.17) is 4.52 Å². The molecular weight excluding hydrogens is 292 g/mol. The maximum absolute atomic E-state index is 13.0. The Bertz CT molecular complexity index is 682. The molecular formula is C17H24N4O2. The van der Waals surface area contributed by atoms with Crippen LogP contribution in [-0.4, -0.2) is 32.1 Å². The first-order chi connectivity index (χ1) is 11.0. The summed E-state index contributed by atoms with van der Waals surface area (Å²) in [5.41, 5.74) is 1.71. The zero-order chi connectivity index (χ0) is 16.6. The lowest BCUT2D eigenvalue weighted by Gasteiger charge is -2.32. The third-order valence-electron chi connectivity index (χ3n) is 4.61. The maximum atomic E-state index is 13.0. The molecule has 0 saturated heterocycles. The molecule has 3 heterocycles. The third kappa shape index (κ3) is 2.90. The topological polar surface area (TPSA) is 64.2 Å². The highest BCUT2D eigenvalue weighted by Gasteiger charge is 2.33. The van der Waals surface area contributed by atoms with Gasteiger partial charge in [0.1, 0.15) is 11.6 Å². The van der Waals surface area contributed by atoms with Crippen LogP contribution in [0.5, 0.6) is 0 Å². The summed E-state index contributed by atoms with van der Waals surface area (Å²) in [6.45, 7) is 9.70. The molecule has 0 radical (unpaired) electrons. The number of nitrogens with zero attached hydrogens (tertiary/aromatic N) is 4. The first kappa shape index (κ1) is 15.8. The van der Waals surface area contributed by atoms with E-state index >= 15 is 0 Å². The van der Waals surface area contributed by atoms with Gasteiger partial charge in [-0.1, -0.05) is 19.0 Å². The Morgan fingerprint density at radius 2 is 2.17 bits per heavy atom. The van der Waals surface area contributed by atoms with Gasteiger partial charge >= 0.3 is 0 Å². The van der Waals surface area contributed by atoms with Crippen LogP contribution in [-0.2, 0) is 17.8 Å². The number of fused-ring (bicyclic) bond motifs is 1. The Kier molecular flexibility index (Phi) is 4.24. The number of aromatic nitrogens is 3. The van der Waals surface area contributed by atoms with Crippen molar-refractivity contribution < 1.29 is 9.32 Å². The van der Waals surface area contributed by atoms with Crippen molar-refractivity contribution >= 4 is 5.91 Å². The third-order valence-corrected chi connectivity index (χ3v) is 4.61. The average molecular weight is 316 g/mol. The predicted octanol–water partition coefficient (Wildman–Crippen LogP) is 2.66. The monoisotopic (exact) mass is 316 g/mol. The molecule has 2 aromatic rings. The molecule has 1 aliphatic rings. The number of aryl methyl sites for hydroxylation is 3. The lowest BCUT2D eigenvalue weighted by Crippen LogP contribution is -2.39. The van der Waals surface area contributed by atoms with E-state index in [1.54, 1.807) is 0 Å². The lowest BCUT2D eigenvalue weighted by molar-refractivity contribution is -0.134. The van der Waals surface area contributed by atoms with Crippen molar-refractivity contribution in [3.63, 3.8) is 0 Å². The van der Waals surface area contributed by atoms with Crippen LogP contribution in [0.4, 0.5) is 0 Å². The van der Waals surface area contributed by atoms with Gasteiger partial charge < -0.3 is 14.0 Å². The molecule has 23 heavy (non-hydrogen) atoms. The average Bonchev–Trinajstić information content (AvgIpc) is 3.02. The second-order valence-electron chi connectivity index (χ2n) is 6.59. The summed E-state index contributed by atoms with van der Waals surface area (Å²) in [4.78, 5) is 19.5. The van der Waals surface area contributed by atoms with Crippen molar-refractivity contribution in [1.29, 1.82) is 0 Å². The molecule has 1 amide bonds. The van der Waals surface area contributed by atoms with Crippen LogP contribution in [0.3, 0.4) is 0 Å². The molecule has 0 aliphatic carbocycles. The van der Waals surface area contributed by atoms with Crippen molar-refractivity contribution in [2.24, 2.45) is 5.92 Å². The van der Waals surface area contributed by atoms with Crippen LogP contribution in [0.2, 0.25) is 0 Å². The number of carbonyl (C=O) groups excluding carboxylic acids is 1. The van der Waals surface area contributed by atoms with Crippen LogP contribution in [0.25, 0.3) is 0 Å². The Balaban J connectivity index is 1.89. The molecule has 2 aromatic heterocycles. The van der Waals surface area contributed by atoms with E-state index in [-0.39, 0.29) is 11.9 Å². The summed E-state index contributed by atoms with van der Waals surface area (Å²) in [7, 11) is 0. The number of imidazole rings is 1. The van der Waals surface area contributed by atoms with Crippen LogP contribution in [0.1, 0.15) is 49.2 Å². The minimum Gasteiger partial charge on any atom is -0.361 e. The molecule has 6 heteroatoms. The molecule has 0 aromatic carbocycles. The fraction of sp³-hybridized carbons (Fsp3) is 0.588. The molecule has 3 rings (SSSR count). The van der Waals surface area contributed by atoms with E-state index in [2.05, 4.69) is 28.6 Å². The molecule has 0 N–H and O–H groups in total. The highest BCUT2D eigenvalue weighted by atomic mass is 16.5. The van der Waals surface area contributed by atoms with E-state index in [0.717, 1.165) is 42.4 Å². The standard InChI is InChI=1S/C17H24N4O2/c1-11(2)16-17-18-6-9-20(17)7-5-8-21(16)15(22)10-14-12(3)19-23-13(14)4/h6,9,11,16H,5,7-8,10H2,1-4H3. The molecule has 1 unspecified atom stereocenters. The highest BCUT2D eigenvalue weighted by Crippen LogP contribution is 2.31. The fourth-order valence-corrected chi connectivity index (χ4v) is 3.41. The van der Waals surface area contributed by atoms with E-state index in [9.17, 15) is 4.79 Å². The quantitative estimate of drug-likeness (QED) is 0.873. The molecule has 124 valence electrons. The summed E-state index contributed by atoms with van der Waals surface area (Å²) < 4.78 is 7.36. The van der Waals surface area contributed by atoms with Crippen molar-refractivity contribution in [3.8, 4) is 0 Å². The first-order valence-electron chi connectivity index (χ1n) is 8.21. The van der Waals surface area contributed by atoms with E-state index in [0.29, 0.717) is 12.3 Å². The van der Waals surface area contributed by atoms with Gasteiger partial charge in [0.05, 0.1) is 18.2 Å². The van der Waals surface area contributed by atoms with Gasteiger partial charge in [0, 0.05) is 31.0 Å². The molecule has 0 fully saturated rings. The number of rotatable bonds is 3. The Labute approximate surface area is 136 Å². The Hall–Kier alpha value is -2.11. The predicted molar refractivity (Wildman–Crippen MR) is 85.8 cm³/mol. The van der Waals surface area contributed by atoms with Gasteiger partial charge in [-0.15, -0.1) is 0 Å². The summed E-state index contributed by atoms with van der Waals surface area (Å²) in [5, 5.41) is 3.95. The molecule has 0 saturated carbocycles. The van der Waals surface area contributed by atoms with Crippen molar-refractivity contribution in [2.75, 3.05) is 6.54 Å². The van der Waals surface area contributed by atoms with Gasteiger partial charge in [-0.25, -0.2) is 4.98 Å². The maximum Gasteiger partial charge on any atom is 0.227 e. The minimum atomic E-state index is 0.0143. The number of hydrogen-bond donors (Lipinski definition) is 0. The van der Waals surface area contributed by atoms with Crippen LogP contribution in [0, 0.1) is 19.8 Å². The van der Waals surface area contributed by atoms with E-state index < -0.39 is 0 Å².